The summed E-state index contributed by atoms with van der Waals surface area (Å²) in [5, 5.41) is 9.82. The molecule has 0 spiro atoms. The minimum Gasteiger partial charge on any atom is -0.444 e. The number of aliphatic hydroxyl groups is 1. The molecule has 8 heteroatoms. The van der Waals surface area contributed by atoms with Crippen LogP contribution in [0.25, 0.3) is 11.3 Å². The third-order valence-corrected chi connectivity index (χ3v) is 4.48. The maximum atomic E-state index is 13.0. The standard InChI is InChI=1S/C17H17F3N2O3/c18-17(19,20)16(24)6-1-8-22(9-7-16)15(23)13-4-2-12(3-5-13)14-10-21-11-25-14/h2-5,10-11,24H,1,6-9H2. The van der Waals surface area contributed by atoms with Crippen molar-refractivity contribution in [1.29, 1.82) is 0 Å². The van der Waals surface area contributed by atoms with Crippen LogP contribution in [0.15, 0.2) is 41.3 Å². The number of oxazole rings is 1. The van der Waals surface area contributed by atoms with Crippen LogP contribution in [-0.4, -0.2) is 45.8 Å². The van der Waals surface area contributed by atoms with Crippen molar-refractivity contribution in [3.8, 4) is 11.3 Å². The second-order valence-corrected chi connectivity index (χ2v) is 6.12. The molecule has 1 atom stereocenters. The summed E-state index contributed by atoms with van der Waals surface area (Å²) in [6.45, 7) is 0.0414. The van der Waals surface area contributed by atoms with Crippen molar-refractivity contribution in [2.75, 3.05) is 13.1 Å². The maximum Gasteiger partial charge on any atom is 0.417 e. The summed E-state index contributed by atoms with van der Waals surface area (Å²) in [7, 11) is 0. The lowest BCUT2D eigenvalue weighted by Crippen LogP contribution is -2.46. The van der Waals surface area contributed by atoms with Crippen molar-refractivity contribution in [1.82, 2.24) is 9.88 Å². The first-order valence-corrected chi connectivity index (χ1v) is 7.87. The van der Waals surface area contributed by atoms with E-state index in [4.69, 9.17) is 4.42 Å². The molecule has 1 aliphatic heterocycles. The molecule has 1 aliphatic rings. The first-order valence-electron chi connectivity index (χ1n) is 7.87. The van der Waals surface area contributed by atoms with Gasteiger partial charge in [0.2, 0.25) is 0 Å². The average Bonchev–Trinajstić information content (AvgIpc) is 3.03. The molecule has 5 nitrogen and oxygen atoms in total. The molecule has 0 aliphatic carbocycles. The zero-order valence-corrected chi connectivity index (χ0v) is 13.3. The van der Waals surface area contributed by atoms with Gasteiger partial charge in [0.25, 0.3) is 5.91 Å². The minimum atomic E-state index is -4.69. The van der Waals surface area contributed by atoms with Crippen molar-refractivity contribution in [3.05, 3.63) is 42.4 Å². The van der Waals surface area contributed by atoms with E-state index in [0.29, 0.717) is 11.3 Å². The predicted octanol–water partition coefficient (Wildman–Crippen LogP) is 3.26. The quantitative estimate of drug-likeness (QED) is 0.899. The normalized spacial score (nSPS) is 21.8. The molecule has 3 rings (SSSR count). The lowest BCUT2D eigenvalue weighted by molar-refractivity contribution is -0.263. The van der Waals surface area contributed by atoms with Crippen LogP contribution in [0, 0.1) is 0 Å². The molecule has 134 valence electrons. The van der Waals surface area contributed by atoms with Crippen molar-refractivity contribution in [3.63, 3.8) is 0 Å². The molecule has 1 fully saturated rings. The number of benzene rings is 1. The van der Waals surface area contributed by atoms with E-state index in [1.54, 1.807) is 30.5 Å². The second-order valence-electron chi connectivity index (χ2n) is 6.12. The lowest BCUT2D eigenvalue weighted by atomic mass is 9.94. The molecule has 0 saturated carbocycles. The van der Waals surface area contributed by atoms with Crippen LogP contribution in [0.5, 0.6) is 0 Å². The first-order chi connectivity index (χ1) is 11.8. The Morgan fingerprint density at radius 3 is 2.52 bits per heavy atom. The van der Waals surface area contributed by atoms with E-state index in [2.05, 4.69) is 4.98 Å². The SMILES string of the molecule is O=C(c1ccc(-c2cnco2)cc1)N1CCCC(O)(C(F)(F)F)CC1. The molecular weight excluding hydrogens is 337 g/mol. The third kappa shape index (κ3) is 3.53. The van der Waals surface area contributed by atoms with Gasteiger partial charge in [-0.3, -0.25) is 4.79 Å². The fourth-order valence-electron chi connectivity index (χ4n) is 2.92. The van der Waals surface area contributed by atoms with Gasteiger partial charge in [0.05, 0.1) is 6.20 Å². The third-order valence-electron chi connectivity index (χ3n) is 4.48. The Kier molecular flexibility index (Phi) is 4.55. The van der Waals surface area contributed by atoms with Gasteiger partial charge in [-0.25, -0.2) is 4.98 Å². The number of hydrogen-bond acceptors (Lipinski definition) is 4. The van der Waals surface area contributed by atoms with Crippen molar-refractivity contribution in [2.24, 2.45) is 0 Å². The summed E-state index contributed by atoms with van der Waals surface area (Å²) >= 11 is 0. The summed E-state index contributed by atoms with van der Waals surface area (Å²) in [5.74, 6) is 0.208. The Labute approximate surface area is 142 Å². The van der Waals surface area contributed by atoms with Gasteiger partial charge in [0.1, 0.15) is 0 Å². The number of carbonyl (C=O) groups is 1. The number of nitrogens with zero attached hydrogens (tertiary/aromatic N) is 2. The summed E-state index contributed by atoms with van der Waals surface area (Å²) in [5.41, 5.74) is -1.60. The van der Waals surface area contributed by atoms with Gasteiger partial charge < -0.3 is 14.4 Å². The molecule has 1 amide bonds. The monoisotopic (exact) mass is 354 g/mol. The maximum absolute atomic E-state index is 13.0. The van der Waals surface area contributed by atoms with Crippen LogP contribution in [0.4, 0.5) is 13.2 Å². The van der Waals surface area contributed by atoms with Gasteiger partial charge in [-0.1, -0.05) is 12.1 Å². The van der Waals surface area contributed by atoms with Crippen LogP contribution >= 0.6 is 0 Å². The molecule has 2 heterocycles. The van der Waals surface area contributed by atoms with Crippen molar-refractivity contribution >= 4 is 5.91 Å². The smallest absolute Gasteiger partial charge is 0.417 e. The predicted molar refractivity (Wildman–Crippen MR) is 82.7 cm³/mol. The minimum absolute atomic E-state index is 0.0951. The van der Waals surface area contributed by atoms with E-state index < -0.39 is 24.6 Å². The highest BCUT2D eigenvalue weighted by Crippen LogP contribution is 2.38. The van der Waals surface area contributed by atoms with Gasteiger partial charge in [-0.15, -0.1) is 0 Å². The van der Waals surface area contributed by atoms with E-state index in [1.807, 2.05) is 0 Å². The number of hydrogen-bond donors (Lipinski definition) is 1. The van der Waals surface area contributed by atoms with Crippen LogP contribution in [0.2, 0.25) is 0 Å². The lowest BCUT2D eigenvalue weighted by Gasteiger charge is -2.29. The topological polar surface area (TPSA) is 66.6 Å². The Bertz CT molecular complexity index is 729. The van der Waals surface area contributed by atoms with E-state index >= 15 is 0 Å². The van der Waals surface area contributed by atoms with E-state index in [0.717, 1.165) is 5.56 Å². The molecular formula is C17H17F3N2O3. The Morgan fingerprint density at radius 2 is 1.92 bits per heavy atom. The largest absolute Gasteiger partial charge is 0.444 e. The van der Waals surface area contributed by atoms with Gasteiger partial charge >= 0.3 is 6.18 Å². The summed E-state index contributed by atoms with van der Waals surface area (Å²) in [6.07, 6.45) is -2.66. The van der Waals surface area contributed by atoms with Crippen molar-refractivity contribution < 1.29 is 27.5 Å². The molecule has 1 N–H and O–H groups in total. The Balaban J connectivity index is 1.71. The van der Waals surface area contributed by atoms with Gasteiger partial charge in [0.15, 0.2) is 17.8 Å². The highest BCUT2D eigenvalue weighted by molar-refractivity contribution is 5.94. The number of alkyl halides is 3. The molecule has 0 bridgehead atoms. The highest BCUT2D eigenvalue weighted by atomic mass is 19.4. The summed E-state index contributed by atoms with van der Waals surface area (Å²) in [6, 6.07) is 6.58. The summed E-state index contributed by atoms with van der Waals surface area (Å²) < 4.78 is 44.1. The Morgan fingerprint density at radius 1 is 1.20 bits per heavy atom. The number of amides is 1. The molecule has 1 aromatic carbocycles. The highest BCUT2D eigenvalue weighted by Gasteiger charge is 2.53. The zero-order chi connectivity index (χ0) is 18.1. The Hall–Kier alpha value is -2.35. The van der Waals surface area contributed by atoms with Crippen LogP contribution in [0.3, 0.4) is 0 Å². The van der Waals surface area contributed by atoms with Crippen LogP contribution in [-0.2, 0) is 0 Å². The molecule has 1 saturated heterocycles. The molecule has 25 heavy (non-hydrogen) atoms. The van der Waals surface area contributed by atoms with Gasteiger partial charge in [0, 0.05) is 30.6 Å². The summed E-state index contributed by atoms with van der Waals surface area (Å²) in [4.78, 5) is 17.7. The number of rotatable bonds is 2. The van der Waals surface area contributed by atoms with E-state index in [-0.39, 0.29) is 25.4 Å². The van der Waals surface area contributed by atoms with E-state index in [9.17, 15) is 23.1 Å². The number of halogens is 3. The van der Waals surface area contributed by atoms with Crippen LogP contribution in [0.1, 0.15) is 29.6 Å². The fourth-order valence-corrected chi connectivity index (χ4v) is 2.92. The van der Waals surface area contributed by atoms with Crippen molar-refractivity contribution in [2.45, 2.75) is 31.0 Å². The molecule has 1 unspecified atom stereocenters. The number of carbonyl (C=O) groups excluding carboxylic acids is 1. The zero-order valence-electron chi connectivity index (χ0n) is 13.3. The fraction of sp³-hybridized carbons (Fsp3) is 0.412. The average molecular weight is 354 g/mol. The second kappa shape index (κ2) is 6.51. The van der Waals surface area contributed by atoms with Gasteiger partial charge in [-0.05, 0) is 25.0 Å². The number of aromatic nitrogens is 1. The van der Waals surface area contributed by atoms with Crippen LogP contribution < -0.4 is 0 Å². The van der Waals surface area contributed by atoms with Gasteiger partial charge in [-0.2, -0.15) is 13.2 Å². The first kappa shape index (κ1) is 17.5. The molecule has 2 aromatic rings. The molecule has 1 aromatic heterocycles. The number of likely N-dealkylation sites (tertiary alicyclic amines) is 1. The van der Waals surface area contributed by atoms with E-state index in [1.165, 1.54) is 11.3 Å². The molecule has 0 radical (unpaired) electrons.